The smallest absolute Gasteiger partial charge is 0.0992 e. The third-order valence-electron chi connectivity index (χ3n) is 1.98. The van der Waals surface area contributed by atoms with Crippen molar-refractivity contribution in [1.29, 1.82) is 0 Å². The van der Waals surface area contributed by atoms with Gasteiger partial charge >= 0.3 is 0 Å². The van der Waals surface area contributed by atoms with Crippen LogP contribution in [-0.2, 0) is 0 Å². The molecule has 0 atom stereocenters. The maximum Gasteiger partial charge on any atom is 0.0992 e. The SMILES string of the molecule is CC(C)c1cn[nH]c1-c1cscn1. The first-order valence-corrected chi connectivity index (χ1v) is 5.15. The quantitative estimate of drug-likeness (QED) is 0.796. The van der Waals surface area contributed by atoms with Gasteiger partial charge in [0, 0.05) is 10.9 Å². The summed E-state index contributed by atoms with van der Waals surface area (Å²) in [5.41, 5.74) is 5.11. The summed E-state index contributed by atoms with van der Waals surface area (Å²) in [5, 5.41) is 9.05. The van der Waals surface area contributed by atoms with Gasteiger partial charge in [0.2, 0.25) is 0 Å². The third kappa shape index (κ3) is 1.49. The Kier molecular flexibility index (Phi) is 2.14. The minimum atomic E-state index is 0.482. The van der Waals surface area contributed by atoms with E-state index in [1.165, 1.54) is 5.56 Å². The molecule has 0 saturated carbocycles. The van der Waals surface area contributed by atoms with Crippen molar-refractivity contribution < 1.29 is 0 Å². The Hall–Kier alpha value is -1.16. The highest BCUT2D eigenvalue weighted by Crippen LogP contribution is 2.26. The van der Waals surface area contributed by atoms with E-state index >= 15 is 0 Å². The zero-order valence-corrected chi connectivity index (χ0v) is 8.43. The Morgan fingerprint density at radius 1 is 1.46 bits per heavy atom. The molecule has 68 valence electrons. The number of nitrogens with zero attached hydrogens (tertiary/aromatic N) is 2. The second kappa shape index (κ2) is 3.30. The minimum absolute atomic E-state index is 0.482. The number of H-pyrrole nitrogens is 1. The van der Waals surface area contributed by atoms with Crippen LogP contribution in [-0.4, -0.2) is 15.2 Å². The summed E-state index contributed by atoms with van der Waals surface area (Å²) in [4.78, 5) is 4.25. The number of hydrogen-bond donors (Lipinski definition) is 1. The van der Waals surface area contributed by atoms with E-state index in [0.717, 1.165) is 11.4 Å². The fourth-order valence-electron chi connectivity index (χ4n) is 1.27. The zero-order chi connectivity index (χ0) is 9.26. The summed E-state index contributed by atoms with van der Waals surface area (Å²) >= 11 is 1.60. The van der Waals surface area contributed by atoms with Crippen molar-refractivity contribution >= 4 is 11.3 Å². The molecule has 0 spiro atoms. The molecule has 13 heavy (non-hydrogen) atoms. The summed E-state index contributed by atoms with van der Waals surface area (Å²) in [5.74, 6) is 0.482. The maximum atomic E-state index is 4.25. The van der Waals surface area contributed by atoms with Crippen LogP contribution < -0.4 is 0 Å². The van der Waals surface area contributed by atoms with E-state index in [1.54, 1.807) is 11.3 Å². The van der Waals surface area contributed by atoms with E-state index in [9.17, 15) is 0 Å². The molecular formula is C9H11N3S. The topological polar surface area (TPSA) is 41.6 Å². The maximum absolute atomic E-state index is 4.25. The number of aromatic nitrogens is 3. The highest BCUT2D eigenvalue weighted by molar-refractivity contribution is 7.07. The van der Waals surface area contributed by atoms with Gasteiger partial charge in [0.15, 0.2) is 0 Å². The first-order chi connectivity index (χ1) is 6.29. The molecule has 1 N–H and O–H groups in total. The van der Waals surface area contributed by atoms with E-state index in [0.29, 0.717) is 5.92 Å². The van der Waals surface area contributed by atoms with Crippen molar-refractivity contribution in [2.75, 3.05) is 0 Å². The molecule has 3 nitrogen and oxygen atoms in total. The highest BCUT2D eigenvalue weighted by Gasteiger charge is 2.11. The van der Waals surface area contributed by atoms with Crippen molar-refractivity contribution in [1.82, 2.24) is 15.2 Å². The van der Waals surface area contributed by atoms with Crippen molar-refractivity contribution in [3.8, 4) is 11.4 Å². The molecule has 2 aromatic heterocycles. The molecule has 0 aliphatic carbocycles. The summed E-state index contributed by atoms with van der Waals surface area (Å²) in [6.07, 6.45) is 1.87. The van der Waals surface area contributed by atoms with Crippen molar-refractivity contribution in [2.24, 2.45) is 0 Å². The first kappa shape index (κ1) is 8.44. The van der Waals surface area contributed by atoms with Gasteiger partial charge < -0.3 is 0 Å². The molecule has 0 bridgehead atoms. The molecule has 0 aromatic carbocycles. The molecule has 0 unspecified atom stereocenters. The summed E-state index contributed by atoms with van der Waals surface area (Å²) in [6, 6.07) is 0. The molecule has 0 saturated heterocycles. The molecule has 0 amide bonds. The minimum Gasteiger partial charge on any atom is -0.276 e. The molecule has 2 aromatic rings. The Balaban J connectivity index is 2.46. The predicted molar refractivity (Wildman–Crippen MR) is 53.8 cm³/mol. The molecule has 0 aliphatic rings. The van der Waals surface area contributed by atoms with E-state index in [1.807, 2.05) is 17.1 Å². The van der Waals surface area contributed by atoms with Gasteiger partial charge in [0.25, 0.3) is 0 Å². The molecule has 0 fully saturated rings. The van der Waals surface area contributed by atoms with Crippen LogP contribution in [0.2, 0.25) is 0 Å². The second-order valence-corrected chi connectivity index (χ2v) is 3.95. The van der Waals surface area contributed by atoms with Gasteiger partial charge in [0.1, 0.15) is 0 Å². The number of aromatic amines is 1. The number of hydrogen-bond acceptors (Lipinski definition) is 3. The average molecular weight is 193 g/mol. The van der Waals surface area contributed by atoms with Crippen LogP contribution in [0.15, 0.2) is 17.1 Å². The van der Waals surface area contributed by atoms with E-state index in [4.69, 9.17) is 0 Å². The van der Waals surface area contributed by atoms with Gasteiger partial charge in [-0.2, -0.15) is 5.10 Å². The number of thiazole rings is 1. The molecular weight excluding hydrogens is 182 g/mol. The standard InChI is InChI=1S/C9H11N3S/c1-6(2)7-3-11-12-9(7)8-4-13-5-10-8/h3-6H,1-2H3,(H,11,12). The predicted octanol–water partition coefficient (Wildman–Crippen LogP) is 2.66. The fourth-order valence-corrected chi connectivity index (χ4v) is 1.82. The lowest BCUT2D eigenvalue weighted by Gasteiger charge is -2.02. The number of nitrogens with one attached hydrogen (secondary N) is 1. The summed E-state index contributed by atoms with van der Waals surface area (Å²) in [7, 11) is 0. The highest BCUT2D eigenvalue weighted by atomic mass is 32.1. The molecule has 4 heteroatoms. The van der Waals surface area contributed by atoms with Crippen LogP contribution in [0.25, 0.3) is 11.4 Å². The van der Waals surface area contributed by atoms with Crippen LogP contribution >= 0.6 is 11.3 Å². The molecule has 0 aliphatic heterocycles. The van der Waals surface area contributed by atoms with Crippen LogP contribution in [0.4, 0.5) is 0 Å². The van der Waals surface area contributed by atoms with Crippen molar-refractivity contribution in [3.63, 3.8) is 0 Å². The van der Waals surface area contributed by atoms with Gasteiger partial charge in [-0.3, -0.25) is 5.10 Å². The van der Waals surface area contributed by atoms with Crippen LogP contribution in [0.1, 0.15) is 25.3 Å². The average Bonchev–Trinajstić information content (AvgIpc) is 2.74. The van der Waals surface area contributed by atoms with Crippen LogP contribution in [0.3, 0.4) is 0 Å². The van der Waals surface area contributed by atoms with Gasteiger partial charge in [0.05, 0.1) is 23.1 Å². The van der Waals surface area contributed by atoms with Crippen molar-refractivity contribution in [2.45, 2.75) is 19.8 Å². The van der Waals surface area contributed by atoms with Gasteiger partial charge in [-0.1, -0.05) is 13.8 Å². The van der Waals surface area contributed by atoms with E-state index in [-0.39, 0.29) is 0 Å². The van der Waals surface area contributed by atoms with Crippen LogP contribution in [0, 0.1) is 0 Å². The molecule has 0 radical (unpaired) electrons. The first-order valence-electron chi connectivity index (χ1n) is 4.21. The fraction of sp³-hybridized carbons (Fsp3) is 0.333. The lowest BCUT2D eigenvalue weighted by molar-refractivity contribution is 0.869. The van der Waals surface area contributed by atoms with Gasteiger partial charge in [-0.15, -0.1) is 11.3 Å². The largest absolute Gasteiger partial charge is 0.276 e. The van der Waals surface area contributed by atoms with Gasteiger partial charge in [-0.25, -0.2) is 4.98 Å². The van der Waals surface area contributed by atoms with E-state index < -0.39 is 0 Å². The van der Waals surface area contributed by atoms with Crippen molar-refractivity contribution in [3.05, 3.63) is 22.7 Å². The Labute approximate surface area is 80.8 Å². The lowest BCUT2D eigenvalue weighted by atomic mass is 10.0. The Morgan fingerprint density at radius 2 is 2.31 bits per heavy atom. The monoisotopic (exact) mass is 193 g/mol. The number of rotatable bonds is 2. The Morgan fingerprint density at radius 3 is 2.92 bits per heavy atom. The zero-order valence-electron chi connectivity index (χ0n) is 7.61. The van der Waals surface area contributed by atoms with E-state index in [2.05, 4.69) is 29.0 Å². The Bertz CT molecular complexity index is 375. The molecule has 2 heterocycles. The summed E-state index contributed by atoms with van der Waals surface area (Å²) in [6.45, 7) is 4.31. The molecule has 2 rings (SSSR count). The second-order valence-electron chi connectivity index (χ2n) is 3.23. The summed E-state index contributed by atoms with van der Waals surface area (Å²) < 4.78 is 0. The normalized spacial score (nSPS) is 11.0. The van der Waals surface area contributed by atoms with Crippen LogP contribution in [0.5, 0.6) is 0 Å². The third-order valence-corrected chi connectivity index (χ3v) is 2.57. The van der Waals surface area contributed by atoms with Gasteiger partial charge in [-0.05, 0) is 5.92 Å². The lowest BCUT2D eigenvalue weighted by Crippen LogP contribution is -1.88.